The predicted octanol–water partition coefficient (Wildman–Crippen LogP) is 1.06. The van der Waals surface area contributed by atoms with Gasteiger partial charge in [-0.3, -0.25) is 19.5 Å². The molecule has 31 heavy (non-hydrogen) atoms. The summed E-state index contributed by atoms with van der Waals surface area (Å²) in [7, 11) is 0. The van der Waals surface area contributed by atoms with Gasteiger partial charge in [0.15, 0.2) is 0 Å². The van der Waals surface area contributed by atoms with Crippen molar-refractivity contribution in [2.45, 2.75) is 39.1 Å². The third kappa shape index (κ3) is 5.14. The van der Waals surface area contributed by atoms with Crippen LogP contribution in [0.5, 0.6) is 0 Å². The van der Waals surface area contributed by atoms with Gasteiger partial charge < -0.3 is 5.11 Å². The van der Waals surface area contributed by atoms with E-state index in [1.807, 2.05) is 6.20 Å². The van der Waals surface area contributed by atoms with E-state index in [0.29, 0.717) is 17.9 Å². The summed E-state index contributed by atoms with van der Waals surface area (Å²) in [6.45, 7) is 1.75. The topological polar surface area (TPSA) is 156 Å². The van der Waals surface area contributed by atoms with Crippen LogP contribution in [-0.2, 0) is 26.2 Å². The Bertz CT molecular complexity index is 1150. The minimum Gasteiger partial charge on any atom is -0.390 e. The zero-order chi connectivity index (χ0) is 21.6. The fraction of sp³-hybridized carbons (Fsp3) is 0.333. The quantitative estimate of drug-likeness (QED) is 0.223. The second kappa shape index (κ2) is 9.21. The third-order valence-corrected chi connectivity index (χ3v) is 4.60. The third-order valence-electron chi connectivity index (χ3n) is 4.60. The van der Waals surface area contributed by atoms with Crippen molar-refractivity contribution in [2.75, 3.05) is 0 Å². The SMILES string of the molecule is O=[N+]([O-])c1ccc(-c2cn(Cc3cn(CCCCn4cc(CO)nn4)nn3)nn2)cc1. The van der Waals surface area contributed by atoms with Gasteiger partial charge in [0.25, 0.3) is 5.69 Å². The summed E-state index contributed by atoms with van der Waals surface area (Å²) in [6, 6.07) is 6.17. The summed E-state index contributed by atoms with van der Waals surface area (Å²) >= 11 is 0. The van der Waals surface area contributed by atoms with Crippen LogP contribution in [-0.4, -0.2) is 55.0 Å². The van der Waals surface area contributed by atoms with Crippen molar-refractivity contribution in [2.24, 2.45) is 0 Å². The van der Waals surface area contributed by atoms with Crippen LogP contribution in [0.4, 0.5) is 5.69 Å². The maximum Gasteiger partial charge on any atom is 0.269 e. The van der Waals surface area contributed by atoms with Crippen LogP contribution < -0.4 is 0 Å². The number of nitro benzene ring substituents is 1. The number of hydrogen-bond donors (Lipinski definition) is 1. The maximum atomic E-state index is 10.8. The standard InChI is InChI=1S/C18H20N10O3/c29-13-16-11-26(23-20-16)8-2-1-7-25-9-15(19-22-25)10-27-12-18(21-24-27)14-3-5-17(6-4-14)28(30)31/h3-6,9,11-12,29H,1-2,7-8,10,13H2. The minimum atomic E-state index is -0.439. The molecule has 1 N–H and O–H groups in total. The molecule has 1 aromatic carbocycles. The molecule has 0 aliphatic heterocycles. The molecule has 0 aliphatic carbocycles. The van der Waals surface area contributed by atoms with Gasteiger partial charge in [0.05, 0.1) is 36.7 Å². The lowest BCUT2D eigenvalue weighted by atomic mass is 10.1. The number of hydrogen-bond acceptors (Lipinski definition) is 9. The van der Waals surface area contributed by atoms with Crippen LogP contribution in [0.25, 0.3) is 11.3 Å². The number of aromatic nitrogens is 9. The molecule has 0 amide bonds. The zero-order valence-electron chi connectivity index (χ0n) is 16.5. The van der Waals surface area contributed by atoms with E-state index in [-0.39, 0.29) is 12.3 Å². The van der Waals surface area contributed by atoms with Gasteiger partial charge in [-0.15, -0.1) is 15.3 Å². The number of aliphatic hydroxyl groups excluding tert-OH is 1. The van der Waals surface area contributed by atoms with Crippen molar-refractivity contribution in [3.8, 4) is 11.3 Å². The maximum absolute atomic E-state index is 10.8. The predicted molar refractivity (Wildman–Crippen MR) is 106 cm³/mol. The average molecular weight is 424 g/mol. The second-order valence-corrected chi connectivity index (χ2v) is 6.92. The van der Waals surface area contributed by atoms with Gasteiger partial charge in [-0.1, -0.05) is 15.6 Å². The van der Waals surface area contributed by atoms with Gasteiger partial charge >= 0.3 is 0 Å². The van der Waals surface area contributed by atoms with E-state index >= 15 is 0 Å². The van der Waals surface area contributed by atoms with Crippen molar-refractivity contribution < 1.29 is 10.0 Å². The molecule has 4 rings (SSSR count). The fourth-order valence-electron chi connectivity index (χ4n) is 3.02. The first-order valence-corrected chi connectivity index (χ1v) is 9.64. The summed E-state index contributed by atoms with van der Waals surface area (Å²) in [6.07, 6.45) is 7.15. The fourth-order valence-corrected chi connectivity index (χ4v) is 3.02. The van der Waals surface area contributed by atoms with Crippen LogP contribution in [0.15, 0.2) is 42.9 Å². The van der Waals surface area contributed by atoms with E-state index < -0.39 is 4.92 Å². The van der Waals surface area contributed by atoms with Crippen LogP contribution in [0.1, 0.15) is 24.2 Å². The molecule has 0 saturated heterocycles. The molecule has 0 spiro atoms. The van der Waals surface area contributed by atoms with Crippen LogP contribution in [0.3, 0.4) is 0 Å². The van der Waals surface area contributed by atoms with Gasteiger partial charge in [0.1, 0.15) is 17.1 Å². The number of benzene rings is 1. The van der Waals surface area contributed by atoms with Crippen LogP contribution in [0, 0.1) is 10.1 Å². The summed E-state index contributed by atoms with van der Waals surface area (Å²) in [5.41, 5.74) is 2.72. The Balaban J connectivity index is 1.27. The molecule has 3 heterocycles. The first kappa shape index (κ1) is 20.3. The number of aryl methyl sites for hydroxylation is 2. The number of non-ortho nitro benzene ring substituents is 1. The van der Waals surface area contributed by atoms with Crippen molar-refractivity contribution in [1.82, 2.24) is 45.0 Å². The molecule has 4 aromatic rings. The molecule has 0 saturated carbocycles. The largest absolute Gasteiger partial charge is 0.390 e. The molecule has 0 atom stereocenters. The second-order valence-electron chi connectivity index (χ2n) is 6.92. The van der Waals surface area contributed by atoms with E-state index in [2.05, 4.69) is 30.9 Å². The van der Waals surface area contributed by atoms with Crippen molar-refractivity contribution in [3.63, 3.8) is 0 Å². The highest BCUT2D eigenvalue weighted by Crippen LogP contribution is 2.20. The monoisotopic (exact) mass is 424 g/mol. The molecule has 0 aliphatic rings. The lowest BCUT2D eigenvalue weighted by molar-refractivity contribution is -0.384. The molecule has 0 fully saturated rings. The Morgan fingerprint density at radius 1 is 0.839 bits per heavy atom. The number of rotatable bonds is 10. The smallest absolute Gasteiger partial charge is 0.269 e. The van der Waals surface area contributed by atoms with Crippen molar-refractivity contribution >= 4 is 5.69 Å². The first-order chi connectivity index (χ1) is 15.1. The van der Waals surface area contributed by atoms with E-state index in [9.17, 15) is 10.1 Å². The number of unbranched alkanes of at least 4 members (excludes halogenated alkanes) is 1. The van der Waals surface area contributed by atoms with Crippen LogP contribution in [0.2, 0.25) is 0 Å². The van der Waals surface area contributed by atoms with Gasteiger partial charge in [-0.2, -0.15) is 0 Å². The Morgan fingerprint density at radius 2 is 1.45 bits per heavy atom. The lowest BCUT2D eigenvalue weighted by Crippen LogP contribution is -2.03. The first-order valence-electron chi connectivity index (χ1n) is 9.64. The molecular formula is C18H20N10O3. The molecule has 13 heteroatoms. The Hall–Kier alpha value is -4.00. The lowest BCUT2D eigenvalue weighted by Gasteiger charge is -2.01. The normalized spacial score (nSPS) is 11.1. The summed E-state index contributed by atoms with van der Waals surface area (Å²) in [5, 5.41) is 44.1. The minimum absolute atomic E-state index is 0.0314. The molecule has 0 radical (unpaired) electrons. The number of nitrogens with zero attached hydrogens (tertiary/aromatic N) is 10. The van der Waals surface area contributed by atoms with E-state index in [1.165, 1.54) is 12.1 Å². The van der Waals surface area contributed by atoms with Gasteiger partial charge in [-0.05, 0) is 25.0 Å². The number of aliphatic hydroxyl groups is 1. The van der Waals surface area contributed by atoms with Gasteiger partial charge in [-0.25, -0.2) is 4.68 Å². The highest BCUT2D eigenvalue weighted by Gasteiger charge is 2.09. The van der Waals surface area contributed by atoms with E-state index in [4.69, 9.17) is 5.11 Å². The Morgan fingerprint density at radius 3 is 2.06 bits per heavy atom. The van der Waals surface area contributed by atoms with Gasteiger partial charge in [0, 0.05) is 30.8 Å². The van der Waals surface area contributed by atoms with Gasteiger partial charge in [0.2, 0.25) is 0 Å². The molecule has 160 valence electrons. The van der Waals surface area contributed by atoms with Crippen LogP contribution >= 0.6 is 0 Å². The van der Waals surface area contributed by atoms with E-state index in [0.717, 1.165) is 37.2 Å². The molecule has 0 unspecified atom stereocenters. The summed E-state index contributed by atoms with van der Waals surface area (Å²) in [5.74, 6) is 0. The molecule has 13 nitrogen and oxygen atoms in total. The number of nitro groups is 1. The van der Waals surface area contributed by atoms with E-state index in [1.54, 1.807) is 38.6 Å². The summed E-state index contributed by atoms with van der Waals surface area (Å²) in [4.78, 5) is 10.3. The summed E-state index contributed by atoms with van der Waals surface area (Å²) < 4.78 is 5.14. The average Bonchev–Trinajstić information content (AvgIpc) is 3.53. The molecule has 3 aromatic heterocycles. The molecular weight excluding hydrogens is 404 g/mol. The Labute approximate surface area is 176 Å². The van der Waals surface area contributed by atoms with Crippen molar-refractivity contribution in [1.29, 1.82) is 0 Å². The van der Waals surface area contributed by atoms with Crippen molar-refractivity contribution in [3.05, 3.63) is 64.4 Å². The zero-order valence-corrected chi connectivity index (χ0v) is 16.5. The highest BCUT2D eigenvalue weighted by atomic mass is 16.6. The highest BCUT2D eigenvalue weighted by molar-refractivity contribution is 5.59. The Kier molecular flexibility index (Phi) is 6.03. The molecule has 0 bridgehead atoms.